The normalized spacial score (nSPS) is 11.3. The van der Waals surface area contributed by atoms with E-state index in [0.29, 0.717) is 42.1 Å². The molecule has 8 nitrogen and oxygen atoms in total. The van der Waals surface area contributed by atoms with Crippen LogP contribution in [0.15, 0.2) is 71.2 Å². The maximum Gasteiger partial charge on any atom is 0.268 e. The van der Waals surface area contributed by atoms with Gasteiger partial charge in [0, 0.05) is 49.2 Å². The number of aromatic nitrogens is 4. The maximum absolute atomic E-state index is 13.2. The molecule has 0 saturated heterocycles. The molecule has 0 bridgehead atoms. The molecule has 9 heteroatoms. The monoisotopic (exact) mass is 459 g/mol. The molecule has 0 atom stereocenters. The molecule has 0 aliphatic rings. The smallest absolute Gasteiger partial charge is 0.268 e. The fourth-order valence-corrected chi connectivity index (χ4v) is 4.49. The molecule has 0 fully saturated rings. The summed E-state index contributed by atoms with van der Waals surface area (Å²) < 4.78 is 8.44. The number of thiophene rings is 1. The number of pyridine rings is 2. The van der Waals surface area contributed by atoms with Gasteiger partial charge in [-0.3, -0.25) is 19.0 Å². The first-order valence-corrected chi connectivity index (χ1v) is 11.3. The van der Waals surface area contributed by atoms with E-state index in [9.17, 15) is 9.59 Å². The predicted molar refractivity (Wildman–Crippen MR) is 128 cm³/mol. The number of amides is 1. The summed E-state index contributed by atoms with van der Waals surface area (Å²) in [5.74, 6) is -0.293. The number of nitrogens with one attached hydrogen (secondary N) is 1. The number of rotatable bonds is 7. The first-order valence-electron chi connectivity index (χ1n) is 10.4. The molecule has 0 aliphatic heterocycles. The number of carbonyl (C=O) groups excluding carboxylic acids is 1. The molecule has 0 unspecified atom stereocenters. The van der Waals surface area contributed by atoms with Crippen molar-refractivity contribution in [1.29, 1.82) is 0 Å². The first kappa shape index (κ1) is 21.0. The minimum atomic E-state index is -0.293. The Labute approximate surface area is 193 Å². The van der Waals surface area contributed by atoms with E-state index in [1.54, 1.807) is 53.6 Å². The highest BCUT2D eigenvalue weighted by atomic mass is 32.1. The van der Waals surface area contributed by atoms with Crippen LogP contribution in [0.5, 0.6) is 0 Å². The minimum Gasteiger partial charge on any atom is -0.383 e. The molecule has 0 radical (unpaired) electrons. The summed E-state index contributed by atoms with van der Waals surface area (Å²) in [6.45, 7) is 1.09. The van der Waals surface area contributed by atoms with Crippen molar-refractivity contribution in [2.24, 2.45) is 0 Å². The number of ether oxygens (including phenoxy) is 1. The largest absolute Gasteiger partial charge is 0.383 e. The average molecular weight is 460 g/mol. The molecule has 5 aromatic heterocycles. The van der Waals surface area contributed by atoms with Gasteiger partial charge in [0.15, 0.2) is 0 Å². The number of hydrogen-bond donors (Lipinski definition) is 1. The Morgan fingerprint density at radius 3 is 2.91 bits per heavy atom. The summed E-state index contributed by atoms with van der Waals surface area (Å²) >= 11 is 1.64. The van der Waals surface area contributed by atoms with Crippen molar-refractivity contribution < 1.29 is 9.53 Å². The Kier molecular flexibility index (Phi) is 5.72. The second-order valence-corrected chi connectivity index (χ2v) is 8.45. The third-order valence-corrected chi connectivity index (χ3v) is 6.30. The fraction of sp³-hybridized carbons (Fsp3) is 0.167. The van der Waals surface area contributed by atoms with Gasteiger partial charge in [0.25, 0.3) is 11.5 Å². The van der Waals surface area contributed by atoms with Gasteiger partial charge in [-0.1, -0.05) is 12.1 Å². The van der Waals surface area contributed by atoms with Gasteiger partial charge < -0.3 is 14.6 Å². The lowest BCUT2D eigenvalue weighted by Gasteiger charge is -2.11. The highest BCUT2D eigenvalue weighted by Gasteiger charge is 2.19. The first-order chi connectivity index (χ1) is 16.2. The zero-order valence-electron chi connectivity index (χ0n) is 17.9. The van der Waals surface area contributed by atoms with Crippen molar-refractivity contribution in [3.63, 3.8) is 0 Å². The lowest BCUT2D eigenvalue weighted by molar-refractivity contribution is 0.0939. The van der Waals surface area contributed by atoms with E-state index >= 15 is 0 Å². The second-order valence-electron chi connectivity index (χ2n) is 7.50. The number of carbonyl (C=O) groups is 1. The third kappa shape index (κ3) is 4.04. The van der Waals surface area contributed by atoms with E-state index in [-0.39, 0.29) is 11.5 Å². The summed E-state index contributed by atoms with van der Waals surface area (Å²) in [5, 5.41) is 5.36. The minimum absolute atomic E-state index is 0.214. The Hall–Kier alpha value is -3.82. The second kappa shape index (κ2) is 8.97. The average Bonchev–Trinajstić information content (AvgIpc) is 3.50. The molecule has 1 N–H and O–H groups in total. The van der Waals surface area contributed by atoms with Crippen molar-refractivity contribution in [2.75, 3.05) is 13.7 Å². The molecule has 0 saturated carbocycles. The van der Waals surface area contributed by atoms with E-state index in [1.807, 2.05) is 35.8 Å². The summed E-state index contributed by atoms with van der Waals surface area (Å²) in [6, 6.07) is 13.0. The van der Waals surface area contributed by atoms with E-state index < -0.39 is 0 Å². The fourth-order valence-electron chi connectivity index (χ4n) is 3.78. The summed E-state index contributed by atoms with van der Waals surface area (Å²) in [4.78, 5) is 36.2. The van der Waals surface area contributed by atoms with Gasteiger partial charge in [-0.15, -0.1) is 11.3 Å². The van der Waals surface area contributed by atoms with Crippen LogP contribution in [0.25, 0.3) is 27.1 Å². The van der Waals surface area contributed by atoms with Gasteiger partial charge in [-0.05, 0) is 41.3 Å². The zero-order chi connectivity index (χ0) is 22.8. The van der Waals surface area contributed by atoms with Crippen LogP contribution in [0.3, 0.4) is 0 Å². The van der Waals surface area contributed by atoms with E-state index in [0.717, 1.165) is 16.0 Å². The molecule has 0 aliphatic carbocycles. The van der Waals surface area contributed by atoms with Gasteiger partial charge in [0.05, 0.1) is 12.0 Å². The van der Waals surface area contributed by atoms with E-state index in [1.165, 1.54) is 4.40 Å². The quantitative estimate of drug-likeness (QED) is 0.403. The molecule has 5 aromatic rings. The summed E-state index contributed by atoms with van der Waals surface area (Å²) in [6.07, 6.45) is 5.21. The van der Waals surface area contributed by atoms with Crippen LogP contribution in [0.1, 0.15) is 16.1 Å². The predicted octanol–water partition coefficient (Wildman–Crippen LogP) is 3.35. The zero-order valence-corrected chi connectivity index (χ0v) is 18.7. The Balaban J connectivity index is 1.47. The van der Waals surface area contributed by atoms with Gasteiger partial charge in [0.2, 0.25) is 0 Å². The summed E-state index contributed by atoms with van der Waals surface area (Å²) in [7, 11) is 1.59. The number of fused-ring (bicyclic) bond motifs is 2. The van der Waals surface area contributed by atoms with Crippen LogP contribution in [0.4, 0.5) is 0 Å². The highest BCUT2D eigenvalue weighted by Crippen LogP contribution is 2.24. The molecule has 5 rings (SSSR count). The Bertz CT molecular complexity index is 1500. The van der Waals surface area contributed by atoms with Crippen LogP contribution in [-0.2, 0) is 17.8 Å². The summed E-state index contributed by atoms with van der Waals surface area (Å²) in [5.41, 5.74) is 3.04. The van der Waals surface area contributed by atoms with Crippen LogP contribution in [0.2, 0.25) is 0 Å². The molecule has 5 heterocycles. The Morgan fingerprint density at radius 2 is 2.09 bits per heavy atom. The van der Waals surface area contributed by atoms with Gasteiger partial charge >= 0.3 is 0 Å². The number of hydrogen-bond acceptors (Lipinski definition) is 6. The van der Waals surface area contributed by atoms with Crippen molar-refractivity contribution in [2.45, 2.75) is 13.1 Å². The number of nitrogens with zero attached hydrogens (tertiary/aromatic N) is 4. The van der Waals surface area contributed by atoms with Gasteiger partial charge in [0.1, 0.15) is 17.0 Å². The Morgan fingerprint density at radius 1 is 1.18 bits per heavy atom. The lowest BCUT2D eigenvalue weighted by Crippen LogP contribution is -2.26. The third-order valence-electron chi connectivity index (χ3n) is 5.38. The lowest BCUT2D eigenvalue weighted by atomic mass is 10.2. The molecule has 33 heavy (non-hydrogen) atoms. The van der Waals surface area contributed by atoms with Gasteiger partial charge in [-0.25, -0.2) is 4.98 Å². The van der Waals surface area contributed by atoms with Crippen LogP contribution in [-0.4, -0.2) is 38.6 Å². The van der Waals surface area contributed by atoms with Gasteiger partial charge in [-0.2, -0.15) is 0 Å². The molecular weight excluding hydrogens is 438 g/mol. The van der Waals surface area contributed by atoms with Crippen molar-refractivity contribution in [3.05, 3.63) is 88.0 Å². The molecule has 1 amide bonds. The SMILES string of the molecule is COCCn1c(C(=O)NCc2cncc(-c3cccs3)c2)cc2c(=O)n3ccccc3nc21. The van der Waals surface area contributed by atoms with Crippen LogP contribution < -0.4 is 10.9 Å². The molecular formula is C24H21N5O3S. The number of methoxy groups -OCH3 is 1. The standard InChI is InChI=1S/C24H21N5O3S/c1-32-9-8-28-19(12-18-22(28)27-21-6-2-3-7-29(21)24(18)31)23(30)26-14-16-11-17(15-25-13-16)20-5-4-10-33-20/h2-7,10-13,15H,8-9,14H2,1H3,(H,26,30). The topological polar surface area (TPSA) is 90.5 Å². The maximum atomic E-state index is 13.2. The van der Waals surface area contributed by atoms with E-state index in [2.05, 4.69) is 15.3 Å². The highest BCUT2D eigenvalue weighted by molar-refractivity contribution is 7.13. The van der Waals surface area contributed by atoms with Crippen molar-refractivity contribution in [1.82, 2.24) is 24.3 Å². The van der Waals surface area contributed by atoms with Crippen molar-refractivity contribution >= 4 is 33.9 Å². The van der Waals surface area contributed by atoms with Crippen molar-refractivity contribution in [3.8, 4) is 10.4 Å². The molecule has 166 valence electrons. The van der Waals surface area contributed by atoms with Crippen LogP contribution in [0, 0.1) is 0 Å². The molecule has 0 spiro atoms. The molecule has 0 aromatic carbocycles. The van der Waals surface area contributed by atoms with Crippen LogP contribution >= 0.6 is 11.3 Å². The van der Waals surface area contributed by atoms with E-state index in [4.69, 9.17) is 4.74 Å².